The Morgan fingerprint density at radius 1 is 1.09 bits per heavy atom. The van der Waals surface area contributed by atoms with E-state index in [0.29, 0.717) is 5.75 Å². The van der Waals surface area contributed by atoms with Crippen molar-refractivity contribution in [3.8, 4) is 5.75 Å². The molecule has 0 heterocycles. The van der Waals surface area contributed by atoms with Crippen molar-refractivity contribution in [2.75, 3.05) is 20.5 Å². The number of hydrogen-bond donors (Lipinski definition) is 1. The maximum Gasteiger partial charge on any atom is 0.188 e. The largest absolute Gasteiger partial charge is 0.467 e. The molecule has 0 radical (unpaired) electrons. The summed E-state index contributed by atoms with van der Waals surface area (Å²) < 4.78 is 10.3. The van der Waals surface area contributed by atoms with E-state index in [1.165, 1.54) is 0 Å². The number of oxime groups is 1. The maximum absolute atomic E-state index is 9.41. The van der Waals surface area contributed by atoms with Gasteiger partial charge < -0.3 is 19.4 Å². The molecule has 0 saturated carbocycles. The van der Waals surface area contributed by atoms with Crippen LogP contribution in [0.15, 0.2) is 59.8 Å². The monoisotopic (exact) mass is 301 g/mol. The van der Waals surface area contributed by atoms with Gasteiger partial charge in [0.05, 0.1) is 12.8 Å². The van der Waals surface area contributed by atoms with E-state index in [1.54, 1.807) is 13.3 Å². The average molecular weight is 301 g/mol. The van der Waals surface area contributed by atoms with E-state index in [2.05, 4.69) is 5.16 Å². The first-order chi connectivity index (χ1) is 10.8. The van der Waals surface area contributed by atoms with Crippen LogP contribution in [-0.4, -0.2) is 31.8 Å². The van der Waals surface area contributed by atoms with Gasteiger partial charge >= 0.3 is 0 Å². The summed E-state index contributed by atoms with van der Waals surface area (Å²) in [5.41, 5.74) is 1.63. The van der Waals surface area contributed by atoms with E-state index in [9.17, 15) is 5.11 Å². The molecule has 2 rings (SSSR count). The second-order valence-corrected chi connectivity index (χ2v) is 4.51. The van der Waals surface area contributed by atoms with Gasteiger partial charge in [-0.15, -0.1) is 0 Å². The second kappa shape index (κ2) is 8.81. The number of aliphatic hydroxyl groups is 1. The van der Waals surface area contributed by atoms with E-state index in [1.807, 2.05) is 54.6 Å². The highest BCUT2D eigenvalue weighted by molar-refractivity contribution is 5.83. The topological polar surface area (TPSA) is 60.3 Å². The summed E-state index contributed by atoms with van der Waals surface area (Å²) in [6.07, 6.45) is 1.06. The van der Waals surface area contributed by atoms with Crippen LogP contribution in [0.2, 0.25) is 0 Å². The fourth-order valence-electron chi connectivity index (χ4n) is 1.87. The standard InChI is InChI=1S/C17H19NO4/c1-20-13-21-16-10-6-5-9-15(16)11-18-22-17(12-19)14-7-3-2-4-8-14/h2-11,17,19H,12-13H2,1H3/b18-11+/t17-/m1/s1. The van der Waals surface area contributed by atoms with Crippen molar-refractivity contribution in [1.82, 2.24) is 0 Å². The van der Waals surface area contributed by atoms with Gasteiger partial charge in [-0.25, -0.2) is 0 Å². The van der Waals surface area contributed by atoms with Crippen LogP contribution in [0.3, 0.4) is 0 Å². The molecule has 0 fully saturated rings. The molecule has 0 aliphatic rings. The molecule has 0 bridgehead atoms. The molecule has 2 aromatic carbocycles. The number of aliphatic hydroxyl groups excluding tert-OH is 1. The van der Waals surface area contributed by atoms with Crippen LogP contribution in [0.4, 0.5) is 0 Å². The minimum absolute atomic E-state index is 0.150. The summed E-state index contributed by atoms with van der Waals surface area (Å²) in [4.78, 5) is 5.37. The zero-order valence-corrected chi connectivity index (χ0v) is 12.4. The highest BCUT2D eigenvalue weighted by Gasteiger charge is 2.10. The van der Waals surface area contributed by atoms with Gasteiger partial charge in [-0.2, -0.15) is 0 Å². The van der Waals surface area contributed by atoms with Crippen LogP contribution < -0.4 is 4.74 Å². The quantitative estimate of drug-likeness (QED) is 0.463. The van der Waals surface area contributed by atoms with E-state index < -0.39 is 6.10 Å². The van der Waals surface area contributed by atoms with Crippen molar-refractivity contribution in [1.29, 1.82) is 0 Å². The van der Waals surface area contributed by atoms with Gasteiger partial charge in [-0.05, 0) is 17.7 Å². The first-order valence-electron chi connectivity index (χ1n) is 6.91. The third-order valence-electron chi connectivity index (χ3n) is 2.97. The Morgan fingerprint density at radius 3 is 2.55 bits per heavy atom. The van der Waals surface area contributed by atoms with Crippen molar-refractivity contribution < 1.29 is 19.4 Å². The Hall–Kier alpha value is -2.37. The van der Waals surface area contributed by atoms with Gasteiger partial charge in [-0.1, -0.05) is 47.6 Å². The van der Waals surface area contributed by atoms with E-state index >= 15 is 0 Å². The summed E-state index contributed by atoms with van der Waals surface area (Å²) in [7, 11) is 1.56. The van der Waals surface area contributed by atoms with Crippen molar-refractivity contribution in [3.63, 3.8) is 0 Å². The molecule has 0 spiro atoms. The smallest absolute Gasteiger partial charge is 0.188 e. The molecule has 0 aliphatic heterocycles. The summed E-state index contributed by atoms with van der Waals surface area (Å²) in [5.74, 6) is 0.650. The zero-order valence-electron chi connectivity index (χ0n) is 12.4. The Kier molecular flexibility index (Phi) is 6.41. The fourth-order valence-corrected chi connectivity index (χ4v) is 1.87. The van der Waals surface area contributed by atoms with Crippen molar-refractivity contribution >= 4 is 6.21 Å². The van der Waals surface area contributed by atoms with E-state index in [4.69, 9.17) is 14.3 Å². The van der Waals surface area contributed by atoms with Crippen molar-refractivity contribution in [2.24, 2.45) is 5.16 Å². The molecule has 0 amide bonds. The Balaban J connectivity index is 2.02. The minimum atomic E-state index is -0.496. The lowest BCUT2D eigenvalue weighted by Gasteiger charge is -2.12. The van der Waals surface area contributed by atoms with Crippen molar-refractivity contribution in [3.05, 3.63) is 65.7 Å². The maximum atomic E-state index is 9.41. The molecule has 2 aromatic rings. The lowest BCUT2D eigenvalue weighted by Crippen LogP contribution is -2.06. The molecule has 5 heteroatoms. The summed E-state index contributed by atoms with van der Waals surface area (Å²) in [6.45, 7) is 0.0121. The minimum Gasteiger partial charge on any atom is -0.467 e. The van der Waals surface area contributed by atoms with Crippen LogP contribution in [0.25, 0.3) is 0 Å². The Morgan fingerprint density at radius 2 is 1.82 bits per heavy atom. The molecule has 0 saturated heterocycles. The fraction of sp³-hybridized carbons (Fsp3) is 0.235. The summed E-state index contributed by atoms with van der Waals surface area (Å²) >= 11 is 0. The highest BCUT2D eigenvalue weighted by Crippen LogP contribution is 2.18. The van der Waals surface area contributed by atoms with Gasteiger partial charge in [0, 0.05) is 12.7 Å². The van der Waals surface area contributed by atoms with E-state index in [0.717, 1.165) is 11.1 Å². The first kappa shape index (κ1) is 16.0. The lowest BCUT2D eigenvalue weighted by molar-refractivity contribution is 0.0162. The summed E-state index contributed by atoms with van der Waals surface area (Å²) in [6, 6.07) is 16.9. The Labute approximate surface area is 129 Å². The number of hydrogen-bond acceptors (Lipinski definition) is 5. The molecule has 116 valence electrons. The molecular weight excluding hydrogens is 282 g/mol. The molecule has 1 atom stereocenters. The number of nitrogens with zero attached hydrogens (tertiary/aromatic N) is 1. The summed E-state index contributed by atoms with van der Waals surface area (Å²) in [5, 5.41) is 13.4. The Bertz CT molecular complexity index is 586. The lowest BCUT2D eigenvalue weighted by atomic mass is 10.1. The van der Waals surface area contributed by atoms with Crippen LogP contribution in [0.5, 0.6) is 5.75 Å². The van der Waals surface area contributed by atoms with Gasteiger partial charge in [-0.3, -0.25) is 0 Å². The zero-order chi connectivity index (χ0) is 15.6. The van der Waals surface area contributed by atoms with Gasteiger partial charge in [0.15, 0.2) is 12.9 Å². The number of para-hydroxylation sites is 1. The SMILES string of the molecule is COCOc1ccccc1/C=N/O[C@H](CO)c1ccccc1. The number of ether oxygens (including phenoxy) is 2. The number of benzene rings is 2. The molecule has 0 aromatic heterocycles. The molecule has 5 nitrogen and oxygen atoms in total. The van der Waals surface area contributed by atoms with E-state index in [-0.39, 0.29) is 13.4 Å². The van der Waals surface area contributed by atoms with Crippen LogP contribution >= 0.6 is 0 Å². The molecule has 22 heavy (non-hydrogen) atoms. The van der Waals surface area contributed by atoms with Gasteiger partial charge in [0.25, 0.3) is 0 Å². The normalized spacial score (nSPS) is 12.3. The average Bonchev–Trinajstić information content (AvgIpc) is 2.58. The third-order valence-corrected chi connectivity index (χ3v) is 2.97. The van der Waals surface area contributed by atoms with Gasteiger partial charge in [0.1, 0.15) is 5.75 Å². The predicted octanol–water partition coefficient (Wildman–Crippen LogP) is 2.75. The third kappa shape index (κ3) is 4.58. The highest BCUT2D eigenvalue weighted by atomic mass is 16.7. The number of rotatable bonds is 8. The van der Waals surface area contributed by atoms with Crippen LogP contribution in [0, 0.1) is 0 Å². The second-order valence-electron chi connectivity index (χ2n) is 4.51. The van der Waals surface area contributed by atoms with Crippen LogP contribution in [-0.2, 0) is 9.57 Å². The first-order valence-corrected chi connectivity index (χ1v) is 6.91. The predicted molar refractivity (Wildman–Crippen MR) is 83.9 cm³/mol. The molecular formula is C17H19NO4. The number of methoxy groups -OCH3 is 1. The molecule has 0 aliphatic carbocycles. The van der Waals surface area contributed by atoms with Crippen LogP contribution in [0.1, 0.15) is 17.2 Å². The molecule has 0 unspecified atom stereocenters. The van der Waals surface area contributed by atoms with Gasteiger partial charge in [0.2, 0.25) is 0 Å². The molecule has 1 N–H and O–H groups in total. The van der Waals surface area contributed by atoms with Crippen molar-refractivity contribution in [2.45, 2.75) is 6.10 Å².